The van der Waals surface area contributed by atoms with Crippen molar-refractivity contribution in [2.75, 3.05) is 19.0 Å². The number of amides is 1. The van der Waals surface area contributed by atoms with E-state index in [-0.39, 0.29) is 36.6 Å². The van der Waals surface area contributed by atoms with Gasteiger partial charge in [-0.1, -0.05) is 35.9 Å². The number of methoxy groups -OCH3 is 1. The Kier molecular flexibility index (Phi) is 7.40. The van der Waals surface area contributed by atoms with Crippen molar-refractivity contribution in [3.8, 4) is 11.4 Å². The number of hydrogen-bond acceptors (Lipinski definition) is 6. The van der Waals surface area contributed by atoms with Crippen molar-refractivity contribution in [2.24, 2.45) is 0 Å². The Balaban J connectivity index is 2.03. The third-order valence-corrected chi connectivity index (χ3v) is 5.06. The number of aryl methyl sites for hydroxylation is 1. The van der Waals surface area contributed by atoms with E-state index in [1.165, 1.54) is 17.7 Å². The van der Waals surface area contributed by atoms with E-state index in [1.54, 1.807) is 49.4 Å². The van der Waals surface area contributed by atoms with Gasteiger partial charge in [0.2, 0.25) is 5.91 Å². The Labute approximate surface area is 189 Å². The molecule has 0 atom stereocenters. The van der Waals surface area contributed by atoms with Gasteiger partial charge in [-0.15, -0.1) is 0 Å². The largest absolute Gasteiger partial charge is 0.465 e. The van der Waals surface area contributed by atoms with Crippen LogP contribution in [0.25, 0.3) is 11.4 Å². The monoisotopic (exact) mass is 455 g/mol. The van der Waals surface area contributed by atoms with Gasteiger partial charge in [-0.2, -0.15) is 0 Å². The molecule has 8 nitrogen and oxygen atoms in total. The Morgan fingerprint density at radius 3 is 2.62 bits per heavy atom. The highest BCUT2D eigenvalue weighted by Crippen LogP contribution is 2.22. The number of nitrogens with one attached hydrogen (secondary N) is 1. The number of hydrogen-bond donors (Lipinski definition) is 2. The first-order valence-electron chi connectivity index (χ1n) is 9.80. The number of rotatable bonds is 7. The van der Waals surface area contributed by atoms with E-state index in [0.717, 1.165) is 0 Å². The molecule has 0 bridgehead atoms. The van der Waals surface area contributed by atoms with Crippen LogP contribution in [0.1, 0.15) is 21.6 Å². The number of benzene rings is 2. The lowest BCUT2D eigenvalue weighted by Crippen LogP contribution is -2.33. The molecular weight excluding hydrogens is 434 g/mol. The molecule has 0 saturated heterocycles. The molecule has 0 aliphatic rings. The number of aliphatic hydroxyl groups is 1. The van der Waals surface area contributed by atoms with Gasteiger partial charge in [-0.3, -0.25) is 14.2 Å². The Morgan fingerprint density at radius 2 is 1.94 bits per heavy atom. The zero-order chi connectivity index (χ0) is 23.3. The third kappa shape index (κ3) is 5.04. The van der Waals surface area contributed by atoms with Gasteiger partial charge in [0.15, 0.2) is 0 Å². The number of carbonyl (C=O) groups is 2. The van der Waals surface area contributed by atoms with Crippen molar-refractivity contribution < 1.29 is 19.4 Å². The minimum absolute atomic E-state index is 0.111. The summed E-state index contributed by atoms with van der Waals surface area (Å²) < 4.78 is 5.98. The van der Waals surface area contributed by atoms with Gasteiger partial charge in [0.05, 0.1) is 18.4 Å². The highest BCUT2D eigenvalue weighted by Gasteiger charge is 2.19. The maximum atomic E-state index is 13.2. The highest BCUT2D eigenvalue weighted by molar-refractivity contribution is 6.30. The predicted molar refractivity (Wildman–Crippen MR) is 121 cm³/mol. The number of anilines is 1. The van der Waals surface area contributed by atoms with Gasteiger partial charge in [0.1, 0.15) is 12.4 Å². The van der Waals surface area contributed by atoms with Crippen molar-refractivity contribution >= 4 is 29.2 Å². The summed E-state index contributed by atoms with van der Waals surface area (Å²) in [6.07, 6.45) is 0.111. The molecular formula is C23H22ClN3O5. The number of nitrogens with zero attached hydrogens (tertiary/aromatic N) is 2. The first-order chi connectivity index (χ1) is 15.3. The summed E-state index contributed by atoms with van der Waals surface area (Å²) in [6.45, 7) is 1.09. The standard InChI is InChI=1S/C23H22ClN3O5/c1-14-17(10-11-28)22(30)27(21(25-14)15-6-5-7-16(24)12-15)13-20(29)26-19-9-4-3-8-18(19)23(31)32-2/h3-9,12,28H,10-11,13H2,1-2H3,(H,26,29). The van der Waals surface area contributed by atoms with E-state index in [2.05, 4.69) is 10.3 Å². The number of aliphatic hydroxyl groups excluding tert-OH is 1. The van der Waals surface area contributed by atoms with Crippen molar-refractivity contribution in [3.63, 3.8) is 0 Å². The lowest BCUT2D eigenvalue weighted by molar-refractivity contribution is -0.116. The quantitative estimate of drug-likeness (QED) is 0.530. The second-order valence-corrected chi connectivity index (χ2v) is 7.40. The summed E-state index contributed by atoms with van der Waals surface area (Å²) in [5, 5.41) is 12.5. The number of halogens is 1. The SMILES string of the molecule is COC(=O)c1ccccc1NC(=O)Cn1c(-c2cccc(Cl)c2)nc(C)c(CCO)c1=O. The summed E-state index contributed by atoms with van der Waals surface area (Å²) in [4.78, 5) is 42.6. The molecule has 1 amide bonds. The van der Waals surface area contributed by atoms with Crippen LogP contribution in [-0.4, -0.2) is 40.3 Å². The molecule has 1 heterocycles. The summed E-state index contributed by atoms with van der Waals surface area (Å²) in [5.74, 6) is -0.861. The van der Waals surface area contributed by atoms with Crippen LogP contribution < -0.4 is 10.9 Å². The average Bonchev–Trinajstić information content (AvgIpc) is 2.78. The minimum Gasteiger partial charge on any atom is -0.465 e. The van der Waals surface area contributed by atoms with Gasteiger partial charge >= 0.3 is 5.97 Å². The predicted octanol–water partition coefficient (Wildman–Crippen LogP) is 2.83. The highest BCUT2D eigenvalue weighted by atomic mass is 35.5. The third-order valence-electron chi connectivity index (χ3n) is 4.82. The summed E-state index contributed by atoms with van der Waals surface area (Å²) in [5.41, 5.74) is 1.37. The molecule has 0 spiro atoms. The van der Waals surface area contributed by atoms with Crippen molar-refractivity contribution in [3.05, 3.63) is 80.7 Å². The second kappa shape index (κ2) is 10.2. The summed E-state index contributed by atoms with van der Waals surface area (Å²) >= 11 is 6.11. The van der Waals surface area contributed by atoms with Crippen molar-refractivity contribution in [1.82, 2.24) is 9.55 Å². The van der Waals surface area contributed by atoms with Crippen LogP contribution in [0, 0.1) is 6.92 Å². The van der Waals surface area contributed by atoms with Crippen LogP contribution in [0.15, 0.2) is 53.3 Å². The number of ether oxygens (including phenoxy) is 1. The fraction of sp³-hybridized carbons (Fsp3) is 0.217. The average molecular weight is 456 g/mol. The van der Waals surface area contributed by atoms with E-state index < -0.39 is 17.4 Å². The number of aromatic nitrogens is 2. The van der Waals surface area contributed by atoms with E-state index in [4.69, 9.17) is 16.3 Å². The van der Waals surface area contributed by atoms with Crippen LogP contribution in [0.4, 0.5) is 5.69 Å². The Bertz CT molecular complexity index is 1220. The van der Waals surface area contributed by atoms with E-state index in [1.807, 2.05) is 0 Å². The maximum Gasteiger partial charge on any atom is 0.339 e. The molecule has 9 heteroatoms. The van der Waals surface area contributed by atoms with Crippen LogP contribution in [-0.2, 0) is 22.5 Å². The van der Waals surface area contributed by atoms with Crippen molar-refractivity contribution in [1.29, 1.82) is 0 Å². The van der Waals surface area contributed by atoms with Crippen LogP contribution in [0.3, 0.4) is 0 Å². The van der Waals surface area contributed by atoms with Gasteiger partial charge in [-0.25, -0.2) is 9.78 Å². The Morgan fingerprint density at radius 1 is 1.19 bits per heavy atom. The van der Waals surface area contributed by atoms with Gasteiger partial charge in [0, 0.05) is 34.9 Å². The van der Waals surface area contributed by atoms with Crippen LogP contribution in [0.5, 0.6) is 0 Å². The van der Waals surface area contributed by atoms with Crippen LogP contribution >= 0.6 is 11.6 Å². The van der Waals surface area contributed by atoms with Gasteiger partial charge < -0.3 is 15.2 Å². The molecule has 0 fully saturated rings. The van der Waals surface area contributed by atoms with Crippen LogP contribution in [0.2, 0.25) is 5.02 Å². The van der Waals surface area contributed by atoms with Gasteiger partial charge in [0.25, 0.3) is 5.56 Å². The molecule has 0 aliphatic heterocycles. The molecule has 3 rings (SSSR count). The molecule has 0 saturated carbocycles. The Hall–Kier alpha value is -3.49. The molecule has 0 unspecified atom stereocenters. The van der Waals surface area contributed by atoms with Gasteiger partial charge in [-0.05, 0) is 31.2 Å². The lowest BCUT2D eigenvalue weighted by Gasteiger charge is -2.16. The molecule has 166 valence electrons. The normalized spacial score (nSPS) is 10.6. The van der Waals surface area contributed by atoms with E-state index >= 15 is 0 Å². The molecule has 2 N–H and O–H groups in total. The fourth-order valence-corrected chi connectivity index (χ4v) is 3.50. The number of carbonyl (C=O) groups excluding carboxylic acids is 2. The summed E-state index contributed by atoms with van der Waals surface area (Å²) in [7, 11) is 1.25. The first kappa shape index (κ1) is 23.2. The maximum absolute atomic E-state index is 13.2. The number of para-hydroxylation sites is 1. The molecule has 0 radical (unpaired) electrons. The lowest BCUT2D eigenvalue weighted by atomic mass is 10.1. The van der Waals surface area contributed by atoms with Crippen molar-refractivity contribution in [2.45, 2.75) is 19.9 Å². The molecule has 32 heavy (non-hydrogen) atoms. The molecule has 2 aromatic carbocycles. The minimum atomic E-state index is -0.597. The molecule has 1 aromatic heterocycles. The smallest absolute Gasteiger partial charge is 0.339 e. The summed E-state index contributed by atoms with van der Waals surface area (Å²) in [6, 6.07) is 13.2. The zero-order valence-electron chi connectivity index (χ0n) is 17.6. The van der Waals surface area contributed by atoms with E-state index in [9.17, 15) is 19.5 Å². The van der Waals surface area contributed by atoms with E-state index in [0.29, 0.717) is 21.8 Å². The fourth-order valence-electron chi connectivity index (χ4n) is 3.31. The zero-order valence-corrected chi connectivity index (χ0v) is 18.3. The number of esters is 1. The first-order valence-corrected chi connectivity index (χ1v) is 10.2. The molecule has 3 aromatic rings. The topological polar surface area (TPSA) is 111 Å². The second-order valence-electron chi connectivity index (χ2n) is 6.96. The molecule has 0 aliphatic carbocycles.